The summed E-state index contributed by atoms with van der Waals surface area (Å²) in [4.78, 5) is 7.70. The maximum Gasteiger partial charge on any atom is 0.249 e. The predicted octanol–water partition coefficient (Wildman–Crippen LogP) is 4.00. The number of aromatic amines is 1. The van der Waals surface area contributed by atoms with Crippen LogP contribution in [0.2, 0.25) is 0 Å². The van der Waals surface area contributed by atoms with Crippen molar-refractivity contribution in [2.45, 2.75) is 13.3 Å². The fourth-order valence-electron chi connectivity index (χ4n) is 3.45. The van der Waals surface area contributed by atoms with Gasteiger partial charge in [-0.15, -0.1) is 10.2 Å². The van der Waals surface area contributed by atoms with Crippen LogP contribution in [0.3, 0.4) is 0 Å². The first kappa shape index (κ1) is 18.1. The van der Waals surface area contributed by atoms with E-state index in [1.54, 1.807) is 4.68 Å². The number of hydrogen-bond acceptors (Lipinski definition) is 6. The summed E-state index contributed by atoms with van der Waals surface area (Å²) in [6.07, 6.45) is 7.94. The van der Waals surface area contributed by atoms with Crippen molar-refractivity contribution in [1.82, 2.24) is 29.9 Å². The second-order valence-corrected chi connectivity index (χ2v) is 6.94. The van der Waals surface area contributed by atoms with Crippen LogP contribution in [0.15, 0.2) is 59.5 Å². The smallest absolute Gasteiger partial charge is 0.249 e. The van der Waals surface area contributed by atoms with E-state index in [1.807, 2.05) is 63.0 Å². The summed E-state index contributed by atoms with van der Waals surface area (Å²) in [6.45, 7) is 2.57. The number of ether oxygens (including phenoxy) is 1. The van der Waals surface area contributed by atoms with E-state index in [1.165, 1.54) is 0 Å². The number of aromatic nitrogens is 6. The van der Waals surface area contributed by atoms with Gasteiger partial charge >= 0.3 is 0 Å². The molecule has 0 aliphatic rings. The van der Waals surface area contributed by atoms with E-state index in [2.05, 4.69) is 31.3 Å². The van der Waals surface area contributed by atoms with Crippen molar-refractivity contribution in [3.63, 3.8) is 0 Å². The molecule has 4 aromatic heterocycles. The average Bonchev–Trinajstić information content (AvgIpc) is 3.48. The second kappa shape index (κ2) is 7.47. The van der Waals surface area contributed by atoms with Crippen LogP contribution in [0.25, 0.3) is 33.6 Å². The van der Waals surface area contributed by atoms with Gasteiger partial charge < -0.3 is 14.1 Å². The summed E-state index contributed by atoms with van der Waals surface area (Å²) in [5.74, 6) is 1.82. The maximum absolute atomic E-state index is 5.98. The van der Waals surface area contributed by atoms with Crippen LogP contribution in [0, 0.1) is 0 Å². The number of H-pyrrole nitrogens is 1. The predicted molar refractivity (Wildman–Crippen MR) is 112 cm³/mol. The molecule has 1 N–H and O–H groups in total. The van der Waals surface area contributed by atoms with Gasteiger partial charge in [0.05, 0.1) is 24.8 Å². The van der Waals surface area contributed by atoms with Crippen molar-refractivity contribution in [1.29, 1.82) is 0 Å². The quantitative estimate of drug-likeness (QED) is 0.463. The Morgan fingerprint density at radius 2 is 2.03 bits per heavy atom. The number of rotatable bonds is 6. The fourth-order valence-corrected chi connectivity index (χ4v) is 3.45. The Balaban J connectivity index is 1.47. The van der Waals surface area contributed by atoms with Gasteiger partial charge in [-0.05, 0) is 19.1 Å². The van der Waals surface area contributed by atoms with Crippen LogP contribution in [0.4, 0.5) is 0 Å². The Kier molecular flexibility index (Phi) is 4.51. The lowest BCUT2D eigenvalue weighted by molar-refractivity contribution is 0.336. The highest BCUT2D eigenvalue weighted by Crippen LogP contribution is 2.31. The molecule has 0 amide bonds. The fraction of sp³-hybridized carbons (Fsp3) is 0.182. The molecule has 5 aromatic rings. The molecule has 0 radical (unpaired) electrons. The van der Waals surface area contributed by atoms with Crippen LogP contribution in [0.5, 0.6) is 5.75 Å². The summed E-state index contributed by atoms with van der Waals surface area (Å²) in [7, 11) is 1.89. The van der Waals surface area contributed by atoms with E-state index in [-0.39, 0.29) is 0 Å². The number of nitrogens with one attached hydrogen (secondary N) is 1. The molecule has 0 fully saturated rings. The monoisotopic (exact) mass is 400 g/mol. The van der Waals surface area contributed by atoms with E-state index in [9.17, 15) is 0 Å². The zero-order valence-electron chi connectivity index (χ0n) is 16.7. The summed E-state index contributed by atoms with van der Waals surface area (Å²) in [6, 6.07) is 9.93. The molecule has 0 bridgehead atoms. The van der Waals surface area contributed by atoms with Crippen molar-refractivity contribution in [3.05, 3.63) is 66.6 Å². The number of pyridine rings is 1. The molecule has 0 spiro atoms. The highest BCUT2D eigenvalue weighted by molar-refractivity contribution is 5.93. The lowest BCUT2D eigenvalue weighted by atomic mass is 10.1. The molecule has 0 atom stereocenters. The normalized spacial score (nSPS) is 11.3. The van der Waals surface area contributed by atoms with E-state index in [0.29, 0.717) is 24.8 Å². The number of nitrogens with zero attached hydrogens (tertiary/aromatic N) is 5. The van der Waals surface area contributed by atoms with Crippen LogP contribution in [-0.4, -0.2) is 36.6 Å². The summed E-state index contributed by atoms with van der Waals surface area (Å²) in [5.41, 5.74) is 4.56. The molecule has 5 rings (SSSR count). The highest BCUT2D eigenvalue weighted by atomic mass is 16.5. The third kappa shape index (κ3) is 3.32. The SMILES string of the molecule is CCOc1ccccc1Cc1nnc(-c2c[nH]c3ncc(-c4cnn(C)c4)cc23)o1. The molecular weight excluding hydrogens is 380 g/mol. The number of aryl methyl sites for hydroxylation is 1. The van der Waals surface area contributed by atoms with Crippen LogP contribution in [-0.2, 0) is 13.5 Å². The van der Waals surface area contributed by atoms with Gasteiger partial charge in [0.2, 0.25) is 11.8 Å². The first-order valence-electron chi connectivity index (χ1n) is 9.71. The van der Waals surface area contributed by atoms with Gasteiger partial charge in [0.25, 0.3) is 0 Å². The maximum atomic E-state index is 5.98. The standard InChI is InChI=1S/C22H20N6O2/c1-3-29-19-7-5-4-6-14(19)9-20-26-27-22(30-20)18-12-24-21-17(18)8-15(10-23-21)16-11-25-28(2)13-16/h4-8,10-13H,3,9H2,1-2H3,(H,23,24). The Morgan fingerprint density at radius 3 is 2.87 bits per heavy atom. The van der Waals surface area contributed by atoms with E-state index >= 15 is 0 Å². The van der Waals surface area contributed by atoms with Crippen molar-refractivity contribution in [2.24, 2.45) is 7.05 Å². The van der Waals surface area contributed by atoms with Gasteiger partial charge in [0.1, 0.15) is 11.4 Å². The molecule has 0 saturated carbocycles. The second-order valence-electron chi connectivity index (χ2n) is 6.94. The molecule has 8 heteroatoms. The van der Waals surface area contributed by atoms with Crippen molar-refractivity contribution in [2.75, 3.05) is 6.61 Å². The lowest BCUT2D eigenvalue weighted by Gasteiger charge is -2.07. The Labute approximate surface area is 172 Å². The van der Waals surface area contributed by atoms with E-state index in [0.717, 1.165) is 39.0 Å². The van der Waals surface area contributed by atoms with Crippen LogP contribution < -0.4 is 4.74 Å². The third-order valence-corrected chi connectivity index (χ3v) is 4.88. The average molecular weight is 400 g/mol. The summed E-state index contributed by atoms with van der Waals surface area (Å²) < 4.78 is 13.4. The number of fused-ring (bicyclic) bond motifs is 1. The largest absolute Gasteiger partial charge is 0.494 e. The number of hydrogen-bond donors (Lipinski definition) is 1. The van der Waals surface area contributed by atoms with Crippen LogP contribution in [0.1, 0.15) is 18.4 Å². The summed E-state index contributed by atoms with van der Waals surface area (Å²) in [5, 5.41) is 13.7. The number of benzene rings is 1. The third-order valence-electron chi connectivity index (χ3n) is 4.88. The number of para-hydroxylation sites is 1. The zero-order chi connectivity index (χ0) is 20.5. The van der Waals surface area contributed by atoms with Gasteiger partial charge in [-0.2, -0.15) is 5.10 Å². The van der Waals surface area contributed by atoms with Crippen molar-refractivity contribution >= 4 is 11.0 Å². The molecule has 8 nitrogen and oxygen atoms in total. The molecule has 0 saturated heterocycles. The zero-order valence-corrected chi connectivity index (χ0v) is 16.7. The van der Waals surface area contributed by atoms with Crippen LogP contribution >= 0.6 is 0 Å². The minimum absolute atomic E-state index is 0.454. The van der Waals surface area contributed by atoms with Crippen molar-refractivity contribution < 1.29 is 9.15 Å². The minimum atomic E-state index is 0.454. The topological polar surface area (TPSA) is 94.7 Å². The first-order valence-corrected chi connectivity index (χ1v) is 9.71. The molecular formula is C22H20N6O2. The minimum Gasteiger partial charge on any atom is -0.494 e. The summed E-state index contributed by atoms with van der Waals surface area (Å²) >= 11 is 0. The lowest BCUT2D eigenvalue weighted by Crippen LogP contribution is -1.97. The molecule has 0 unspecified atom stereocenters. The Morgan fingerprint density at radius 1 is 1.13 bits per heavy atom. The van der Waals surface area contributed by atoms with Gasteiger partial charge in [-0.25, -0.2) is 4.98 Å². The molecule has 30 heavy (non-hydrogen) atoms. The van der Waals surface area contributed by atoms with E-state index in [4.69, 9.17) is 9.15 Å². The first-order chi connectivity index (χ1) is 14.7. The molecule has 0 aliphatic heterocycles. The van der Waals surface area contributed by atoms with Gasteiger partial charge in [0.15, 0.2) is 0 Å². The van der Waals surface area contributed by atoms with Gasteiger partial charge in [-0.1, -0.05) is 18.2 Å². The highest BCUT2D eigenvalue weighted by Gasteiger charge is 2.16. The Hall–Kier alpha value is -3.94. The molecule has 0 aliphatic carbocycles. The van der Waals surface area contributed by atoms with Gasteiger partial charge in [0, 0.05) is 47.7 Å². The van der Waals surface area contributed by atoms with Crippen molar-refractivity contribution in [3.8, 4) is 28.3 Å². The molecule has 4 heterocycles. The molecule has 150 valence electrons. The molecule has 1 aromatic carbocycles. The van der Waals surface area contributed by atoms with E-state index < -0.39 is 0 Å². The van der Waals surface area contributed by atoms with Gasteiger partial charge in [-0.3, -0.25) is 4.68 Å². The Bertz CT molecular complexity index is 1320.